The Labute approximate surface area is 195 Å². The number of carboxylic acids is 1. The molecular weight excluding hydrogens is 423 g/mol. The Hall–Kier alpha value is -2.90. The van der Waals surface area contributed by atoms with E-state index in [9.17, 15) is 4.39 Å². The molecular formula is C26H33FN2O4. The van der Waals surface area contributed by atoms with Crippen molar-refractivity contribution in [3.05, 3.63) is 65.0 Å². The summed E-state index contributed by atoms with van der Waals surface area (Å²) in [5.41, 5.74) is 5.59. The molecule has 0 saturated carbocycles. The van der Waals surface area contributed by atoms with E-state index in [1.165, 1.54) is 12.1 Å². The van der Waals surface area contributed by atoms with Gasteiger partial charge in [-0.05, 0) is 73.5 Å². The molecule has 1 N–H and O–H groups in total. The van der Waals surface area contributed by atoms with Crippen LogP contribution in [0.25, 0.3) is 6.08 Å². The summed E-state index contributed by atoms with van der Waals surface area (Å²) in [4.78, 5) is 13.7. The van der Waals surface area contributed by atoms with Gasteiger partial charge in [-0.15, -0.1) is 0 Å². The van der Waals surface area contributed by atoms with Crippen LogP contribution in [0.5, 0.6) is 5.75 Å². The first-order valence-electron chi connectivity index (χ1n) is 11.3. The number of likely N-dealkylation sites (tertiary alicyclic amines) is 1. The highest BCUT2D eigenvalue weighted by molar-refractivity contribution is 5.70. The van der Waals surface area contributed by atoms with Crippen molar-refractivity contribution in [1.29, 1.82) is 0 Å². The summed E-state index contributed by atoms with van der Waals surface area (Å²) in [5.74, 6) is 0.0907. The molecule has 4 rings (SSSR count). The van der Waals surface area contributed by atoms with Crippen molar-refractivity contribution < 1.29 is 23.8 Å². The van der Waals surface area contributed by atoms with Crippen LogP contribution in [-0.4, -0.2) is 68.5 Å². The second-order valence-corrected chi connectivity index (χ2v) is 8.31. The van der Waals surface area contributed by atoms with E-state index in [-0.39, 0.29) is 0 Å². The van der Waals surface area contributed by atoms with Crippen LogP contribution in [0.4, 0.5) is 10.1 Å². The predicted molar refractivity (Wildman–Crippen MR) is 129 cm³/mol. The highest BCUT2D eigenvalue weighted by Gasteiger charge is 2.17. The average Bonchev–Trinajstić information content (AvgIpc) is 2.79. The minimum Gasteiger partial charge on any atom is -0.488 e. The van der Waals surface area contributed by atoms with Crippen LogP contribution in [0.3, 0.4) is 0 Å². The number of aliphatic carboxylic acids is 1. The lowest BCUT2D eigenvalue weighted by Crippen LogP contribution is -2.38. The van der Waals surface area contributed by atoms with Gasteiger partial charge in [-0.2, -0.15) is 0 Å². The zero-order valence-electron chi connectivity index (χ0n) is 19.4. The van der Waals surface area contributed by atoms with Gasteiger partial charge in [0.25, 0.3) is 5.97 Å². The number of morpholine rings is 1. The van der Waals surface area contributed by atoms with E-state index >= 15 is 0 Å². The number of carbonyl (C=O) groups is 1. The van der Waals surface area contributed by atoms with Gasteiger partial charge in [0.05, 0.1) is 19.5 Å². The average molecular weight is 457 g/mol. The van der Waals surface area contributed by atoms with E-state index in [1.807, 2.05) is 6.08 Å². The second-order valence-electron chi connectivity index (χ2n) is 8.31. The first-order valence-corrected chi connectivity index (χ1v) is 11.3. The Kier molecular flexibility index (Phi) is 9.27. The molecule has 0 aliphatic carbocycles. The SMILES string of the molecule is CC(=O)O.C\C(=C/C=C(\C=C\F)CN1CCC1)C1=Cc2cc(N3CCOCC3)ccc2OC1. The Morgan fingerprint density at radius 3 is 2.52 bits per heavy atom. The number of hydrogen-bond donors (Lipinski definition) is 1. The third-order valence-electron chi connectivity index (χ3n) is 5.77. The quantitative estimate of drug-likeness (QED) is 0.638. The summed E-state index contributed by atoms with van der Waals surface area (Å²) in [6.45, 7) is 10.1. The highest BCUT2D eigenvalue weighted by atomic mass is 19.1. The zero-order valence-corrected chi connectivity index (χ0v) is 19.4. The van der Waals surface area contributed by atoms with Crippen LogP contribution >= 0.6 is 0 Å². The molecule has 2 fully saturated rings. The first-order chi connectivity index (χ1) is 16.0. The third-order valence-corrected chi connectivity index (χ3v) is 5.77. The third kappa shape index (κ3) is 7.58. The van der Waals surface area contributed by atoms with Crippen molar-refractivity contribution in [1.82, 2.24) is 4.90 Å². The molecule has 3 aliphatic rings. The van der Waals surface area contributed by atoms with Crippen molar-refractivity contribution in [3.8, 4) is 5.75 Å². The van der Waals surface area contributed by atoms with Crippen molar-refractivity contribution in [3.63, 3.8) is 0 Å². The van der Waals surface area contributed by atoms with Gasteiger partial charge in [-0.1, -0.05) is 12.2 Å². The van der Waals surface area contributed by atoms with E-state index in [4.69, 9.17) is 19.4 Å². The molecule has 178 valence electrons. The molecule has 2 saturated heterocycles. The fourth-order valence-electron chi connectivity index (χ4n) is 3.79. The lowest BCUT2D eigenvalue weighted by atomic mass is 10.0. The molecule has 3 heterocycles. The van der Waals surface area contributed by atoms with Crippen molar-refractivity contribution >= 4 is 17.7 Å². The molecule has 1 aromatic rings. The first kappa shape index (κ1) is 24.7. The van der Waals surface area contributed by atoms with E-state index in [0.29, 0.717) is 12.9 Å². The molecule has 0 radical (unpaired) electrons. The number of benzene rings is 1. The lowest BCUT2D eigenvalue weighted by molar-refractivity contribution is -0.134. The number of halogens is 1. The lowest BCUT2D eigenvalue weighted by Gasteiger charge is -2.30. The smallest absolute Gasteiger partial charge is 0.300 e. The van der Waals surface area contributed by atoms with Crippen molar-refractivity contribution in [2.24, 2.45) is 0 Å². The number of anilines is 1. The fraction of sp³-hybridized carbons (Fsp3) is 0.423. The Morgan fingerprint density at radius 2 is 1.88 bits per heavy atom. The molecule has 6 nitrogen and oxygen atoms in total. The molecule has 33 heavy (non-hydrogen) atoms. The Bertz CT molecular complexity index is 938. The molecule has 0 spiro atoms. The summed E-state index contributed by atoms with van der Waals surface area (Å²) in [6, 6.07) is 6.38. The van der Waals surface area contributed by atoms with Crippen molar-refractivity contribution in [2.75, 3.05) is 57.4 Å². The van der Waals surface area contributed by atoms with Crippen LogP contribution in [0.15, 0.2) is 59.5 Å². The Balaban J connectivity index is 0.000000709. The van der Waals surface area contributed by atoms with Crippen LogP contribution < -0.4 is 9.64 Å². The standard InChI is InChI=1S/C24H29FN2O2.C2H4O2/c1-19(3-4-20(7-8-25)17-26-9-2-10-26)22-15-21-16-23(5-6-24(21)29-18-22)27-11-13-28-14-12-27;1-2(3)4/h3-8,15-16H,2,9-14,17-18H2,1H3;1H3,(H,3,4)/b8-7+,19-3+,20-4+;. The minimum atomic E-state index is -0.833. The summed E-state index contributed by atoms with van der Waals surface area (Å²) in [5, 5.41) is 7.42. The molecule has 0 unspecified atom stereocenters. The fourth-order valence-corrected chi connectivity index (χ4v) is 3.79. The predicted octanol–water partition coefficient (Wildman–Crippen LogP) is 4.45. The normalized spacial score (nSPS) is 19.1. The van der Waals surface area contributed by atoms with Gasteiger partial charge >= 0.3 is 0 Å². The van der Waals surface area contributed by atoms with Crippen molar-refractivity contribution in [2.45, 2.75) is 20.3 Å². The number of nitrogens with zero attached hydrogens (tertiary/aromatic N) is 2. The Morgan fingerprint density at radius 1 is 1.15 bits per heavy atom. The molecule has 0 atom stereocenters. The van der Waals surface area contributed by atoms with Crippen LogP contribution in [0.2, 0.25) is 0 Å². The molecule has 1 aromatic carbocycles. The van der Waals surface area contributed by atoms with E-state index in [0.717, 1.165) is 80.9 Å². The van der Waals surface area contributed by atoms with Gasteiger partial charge in [-0.25, -0.2) is 4.39 Å². The number of rotatable bonds is 6. The number of carboxylic acid groups (broad SMARTS) is 1. The zero-order chi connectivity index (χ0) is 23.6. The van der Waals surface area contributed by atoms with E-state index in [1.54, 1.807) is 6.08 Å². The summed E-state index contributed by atoms with van der Waals surface area (Å²) in [6.07, 6.45) is 9.71. The maximum Gasteiger partial charge on any atom is 0.300 e. The molecule has 0 amide bonds. The topological polar surface area (TPSA) is 62.2 Å². The summed E-state index contributed by atoms with van der Waals surface area (Å²) >= 11 is 0. The van der Waals surface area contributed by atoms with Gasteiger partial charge in [0.2, 0.25) is 0 Å². The number of fused-ring (bicyclic) bond motifs is 1. The van der Waals surface area contributed by atoms with Gasteiger partial charge in [-0.3, -0.25) is 9.69 Å². The van der Waals surface area contributed by atoms with Gasteiger partial charge < -0.3 is 19.5 Å². The minimum absolute atomic E-state index is 0.556. The van der Waals surface area contributed by atoms with Gasteiger partial charge in [0.1, 0.15) is 12.4 Å². The maximum atomic E-state index is 12.7. The molecule has 3 aliphatic heterocycles. The van der Waals surface area contributed by atoms with E-state index < -0.39 is 5.97 Å². The summed E-state index contributed by atoms with van der Waals surface area (Å²) in [7, 11) is 0. The van der Waals surface area contributed by atoms with Crippen LogP contribution in [0, 0.1) is 0 Å². The largest absolute Gasteiger partial charge is 0.488 e. The monoisotopic (exact) mass is 456 g/mol. The summed E-state index contributed by atoms with van der Waals surface area (Å²) < 4.78 is 24.2. The molecule has 7 heteroatoms. The molecule has 0 aromatic heterocycles. The van der Waals surface area contributed by atoms with Gasteiger partial charge in [0.15, 0.2) is 0 Å². The van der Waals surface area contributed by atoms with E-state index in [2.05, 4.69) is 47.1 Å². The molecule has 0 bridgehead atoms. The number of hydrogen-bond acceptors (Lipinski definition) is 5. The van der Waals surface area contributed by atoms with Gasteiger partial charge in [0, 0.05) is 37.8 Å². The second kappa shape index (κ2) is 12.4. The highest BCUT2D eigenvalue weighted by Crippen LogP contribution is 2.32. The maximum absolute atomic E-state index is 12.7. The number of ether oxygens (including phenoxy) is 2. The number of allylic oxidation sites excluding steroid dienone is 2. The van der Waals surface area contributed by atoms with Crippen LogP contribution in [-0.2, 0) is 9.53 Å². The van der Waals surface area contributed by atoms with Crippen LogP contribution in [0.1, 0.15) is 25.8 Å².